The summed E-state index contributed by atoms with van der Waals surface area (Å²) in [7, 11) is 0. The summed E-state index contributed by atoms with van der Waals surface area (Å²) in [4.78, 5) is 3.10. The maximum Gasteiger partial charge on any atom is 0.429 e. The third-order valence-corrected chi connectivity index (χ3v) is 1.00. The predicted molar refractivity (Wildman–Crippen MR) is 37.1 cm³/mol. The van der Waals surface area contributed by atoms with Gasteiger partial charge in [-0.3, -0.25) is 0 Å². The molecule has 0 radical (unpaired) electrons. The molecule has 0 saturated heterocycles. The molecule has 0 fully saturated rings. The zero-order valence-corrected chi connectivity index (χ0v) is 6.24. The Morgan fingerprint density at radius 2 is 1.91 bits per heavy atom. The second-order valence-corrected chi connectivity index (χ2v) is 1.91. The van der Waals surface area contributed by atoms with E-state index in [4.69, 9.17) is 5.73 Å². The van der Waals surface area contributed by atoms with Crippen LogP contribution < -0.4 is 5.73 Å². The van der Waals surface area contributed by atoms with E-state index >= 15 is 0 Å². The van der Waals surface area contributed by atoms with Crippen molar-refractivity contribution in [2.45, 2.75) is 20.0 Å². The SMILES string of the molecule is C/C=C(/N)N=C(C)C(F)(F)F. The first kappa shape index (κ1) is 10.0. The number of aliphatic imine (C=N–C) groups is 1. The van der Waals surface area contributed by atoms with Crippen LogP contribution in [0.2, 0.25) is 0 Å². The summed E-state index contributed by atoms with van der Waals surface area (Å²) in [6.45, 7) is 2.39. The topological polar surface area (TPSA) is 38.4 Å². The number of halogens is 3. The molecule has 0 aromatic heterocycles. The zero-order valence-electron chi connectivity index (χ0n) is 6.24. The van der Waals surface area contributed by atoms with Crippen LogP contribution in [-0.2, 0) is 0 Å². The first-order chi connectivity index (χ1) is 4.88. The molecule has 0 spiro atoms. The lowest BCUT2D eigenvalue weighted by molar-refractivity contribution is -0.0592. The highest BCUT2D eigenvalue weighted by Gasteiger charge is 2.31. The second kappa shape index (κ2) is 3.41. The van der Waals surface area contributed by atoms with Crippen LogP contribution in [0.4, 0.5) is 13.2 Å². The minimum absolute atomic E-state index is 0.125. The average molecular weight is 166 g/mol. The van der Waals surface area contributed by atoms with Gasteiger partial charge in [0.1, 0.15) is 11.5 Å². The molecule has 0 unspecified atom stereocenters. The highest BCUT2D eigenvalue weighted by molar-refractivity contribution is 5.88. The maximum absolute atomic E-state index is 11.7. The van der Waals surface area contributed by atoms with Crippen LogP contribution in [0.25, 0.3) is 0 Å². The molecular formula is C6H9F3N2. The summed E-state index contributed by atoms with van der Waals surface area (Å²) in [5, 5.41) is 0. The van der Waals surface area contributed by atoms with Gasteiger partial charge in [-0.1, -0.05) is 0 Å². The molecule has 0 atom stereocenters. The monoisotopic (exact) mass is 166 g/mol. The van der Waals surface area contributed by atoms with E-state index in [2.05, 4.69) is 4.99 Å². The molecule has 5 heteroatoms. The van der Waals surface area contributed by atoms with E-state index in [1.165, 1.54) is 13.0 Å². The lowest BCUT2D eigenvalue weighted by Gasteiger charge is -2.04. The van der Waals surface area contributed by atoms with Crippen molar-refractivity contribution in [2.24, 2.45) is 10.7 Å². The van der Waals surface area contributed by atoms with Crippen molar-refractivity contribution in [3.8, 4) is 0 Å². The molecule has 0 aromatic carbocycles. The molecule has 2 nitrogen and oxygen atoms in total. The lowest BCUT2D eigenvalue weighted by atomic mass is 10.4. The number of nitrogens with zero attached hydrogens (tertiary/aromatic N) is 1. The fourth-order valence-corrected chi connectivity index (χ4v) is 0.322. The van der Waals surface area contributed by atoms with Gasteiger partial charge in [0.2, 0.25) is 0 Å². The van der Waals surface area contributed by atoms with E-state index < -0.39 is 11.9 Å². The smallest absolute Gasteiger partial charge is 0.384 e. The first-order valence-corrected chi connectivity index (χ1v) is 2.92. The van der Waals surface area contributed by atoms with Crippen LogP contribution in [-0.4, -0.2) is 11.9 Å². The van der Waals surface area contributed by atoms with Gasteiger partial charge < -0.3 is 5.73 Å². The van der Waals surface area contributed by atoms with Crippen molar-refractivity contribution >= 4 is 5.71 Å². The normalized spacial score (nSPS) is 15.4. The Kier molecular flexibility index (Phi) is 3.10. The third kappa shape index (κ3) is 3.64. The van der Waals surface area contributed by atoms with Crippen molar-refractivity contribution in [1.82, 2.24) is 0 Å². The summed E-state index contributed by atoms with van der Waals surface area (Å²) < 4.78 is 35.2. The van der Waals surface area contributed by atoms with Gasteiger partial charge >= 0.3 is 6.18 Å². The average Bonchev–Trinajstić information content (AvgIpc) is 1.85. The quantitative estimate of drug-likeness (QED) is 0.593. The van der Waals surface area contributed by atoms with E-state index in [1.54, 1.807) is 0 Å². The minimum Gasteiger partial charge on any atom is -0.384 e. The summed E-state index contributed by atoms with van der Waals surface area (Å²) >= 11 is 0. The molecule has 0 aliphatic carbocycles. The summed E-state index contributed by atoms with van der Waals surface area (Å²) in [6, 6.07) is 0. The molecule has 0 saturated carbocycles. The molecular weight excluding hydrogens is 157 g/mol. The number of allylic oxidation sites excluding steroid dienone is 1. The summed E-state index contributed by atoms with van der Waals surface area (Å²) in [5.41, 5.74) is 4.11. The maximum atomic E-state index is 11.7. The second-order valence-electron chi connectivity index (χ2n) is 1.91. The molecule has 0 bridgehead atoms. The van der Waals surface area contributed by atoms with Gasteiger partial charge in [0.25, 0.3) is 0 Å². The van der Waals surface area contributed by atoms with Crippen molar-refractivity contribution in [2.75, 3.05) is 0 Å². The van der Waals surface area contributed by atoms with Crippen LogP contribution in [0.3, 0.4) is 0 Å². The largest absolute Gasteiger partial charge is 0.429 e. The molecule has 0 amide bonds. The Morgan fingerprint density at radius 3 is 2.18 bits per heavy atom. The van der Waals surface area contributed by atoms with Crippen LogP contribution >= 0.6 is 0 Å². The van der Waals surface area contributed by atoms with Gasteiger partial charge in [0, 0.05) is 0 Å². The number of hydrogen-bond donors (Lipinski definition) is 1. The highest BCUT2D eigenvalue weighted by Crippen LogP contribution is 2.17. The Morgan fingerprint density at radius 1 is 1.45 bits per heavy atom. The predicted octanol–water partition coefficient (Wildman–Crippen LogP) is 1.83. The zero-order chi connectivity index (χ0) is 9.07. The molecule has 0 rings (SSSR count). The number of nitrogens with two attached hydrogens (primary N) is 1. The summed E-state index contributed by atoms with van der Waals surface area (Å²) in [6.07, 6.45) is -3.08. The molecule has 11 heavy (non-hydrogen) atoms. The van der Waals surface area contributed by atoms with Crippen molar-refractivity contribution < 1.29 is 13.2 Å². The fraction of sp³-hybridized carbons (Fsp3) is 0.500. The molecule has 2 N–H and O–H groups in total. The number of alkyl halides is 3. The van der Waals surface area contributed by atoms with E-state index in [9.17, 15) is 13.2 Å². The minimum atomic E-state index is -4.38. The molecule has 64 valence electrons. The van der Waals surface area contributed by atoms with Gasteiger partial charge in [-0.05, 0) is 19.9 Å². The molecule has 0 heterocycles. The van der Waals surface area contributed by atoms with E-state index in [1.807, 2.05) is 0 Å². The van der Waals surface area contributed by atoms with E-state index in [0.717, 1.165) is 6.92 Å². The van der Waals surface area contributed by atoms with E-state index in [-0.39, 0.29) is 5.82 Å². The number of rotatable bonds is 1. The molecule has 0 aliphatic rings. The molecule has 0 aliphatic heterocycles. The molecule has 0 aromatic rings. The van der Waals surface area contributed by atoms with Crippen LogP contribution in [0.15, 0.2) is 16.9 Å². The van der Waals surface area contributed by atoms with Crippen LogP contribution in [0.1, 0.15) is 13.8 Å². The Balaban J connectivity index is 4.48. The Bertz CT molecular complexity index is 190. The first-order valence-electron chi connectivity index (χ1n) is 2.92. The lowest BCUT2D eigenvalue weighted by Crippen LogP contribution is -2.20. The van der Waals surface area contributed by atoms with Crippen LogP contribution in [0.5, 0.6) is 0 Å². The van der Waals surface area contributed by atoms with Gasteiger partial charge in [0.05, 0.1) is 0 Å². The number of hydrogen-bond acceptors (Lipinski definition) is 2. The van der Waals surface area contributed by atoms with Gasteiger partial charge in [-0.25, -0.2) is 4.99 Å². The standard InChI is InChI=1S/C6H9F3N2/c1-3-5(10)11-4(2)6(7,8)9/h3H,10H2,1-2H3/b5-3-,11-4?. The highest BCUT2D eigenvalue weighted by atomic mass is 19.4. The van der Waals surface area contributed by atoms with E-state index in [0.29, 0.717) is 0 Å². The van der Waals surface area contributed by atoms with Crippen molar-refractivity contribution in [3.63, 3.8) is 0 Å². The van der Waals surface area contributed by atoms with Crippen LogP contribution in [0, 0.1) is 0 Å². The van der Waals surface area contributed by atoms with Gasteiger partial charge in [-0.15, -0.1) is 0 Å². The fourth-order valence-electron chi connectivity index (χ4n) is 0.322. The third-order valence-electron chi connectivity index (χ3n) is 1.00. The Labute approximate surface area is 62.6 Å². The van der Waals surface area contributed by atoms with Gasteiger partial charge in [-0.2, -0.15) is 13.2 Å². The van der Waals surface area contributed by atoms with Crippen molar-refractivity contribution in [3.05, 3.63) is 11.9 Å². The van der Waals surface area contributed by atoms with Gasteiger partial charge in [0.15, 0.2) is 0 Å². The van der Waals surface area contributed by atoms with Crippen molar-refractivity contribution in [1.29, 1.82) is 0 Å². The summed E-state index contributed by atoms with van der Waals surface area (Å²) in [5.74, 6) is -0.125. The Hall–Kier alpha value is -1.00.